The zero-order valence-corrected chi connectivity index (χ0v) is 17.6. The van der Waals surface area contributed by atoms with Gasteiger partial charge in [0.15, 0.2) is 17.5 Å². The number of guanidine groups is 1. The molecule has 7 nitrogen and oxygen atoms in total. The fourth-order valence-electron chi connectivity index (χ4n) is 3.07. The van der Waals surface area contributed by atoms with E-state index in [1.165, 1.54) is 5.56 Å². The molecule has 2 rings (SSSR count). The van der Waals surface area contributed by atoms with E-state index in [9.17, 15) is 0 Å². The molecule has 0 atom stereocenters. The highest BCUT2D eigenvalue weighted by atomic mass is 16.5. The second kappa shape index (κ2) is 11.2. The second-order valence-electron chi connectivity index (χ2n) is 6.38. The van der Waals surface area contributed by atoms with Crippen LogP contribution >= 0.6 is 0 Å². The quantitative estimate of drug-likeness (QED) is 0.370. The number of ether oxygens (including phenoxy) is 2. The lowest BCUT2D eigenvalue weighted by Gasteiger charge is -2.13. The highest BCUT2D eigenvalue weighted by molar-refractivity contribution is 5.79. The Morgan fingerprint density at radius 3 is 2.54 bits per heavy atom. The highest BCUT2D eigenvalue weighted by Crippen LogP contribution is 2.27. The van der Waals surface area contributed by atoms with Crippen LogP contribution in [0.3, 0.4) is 0 Å². The minimum Gasteiger partial charge on any atom is -0.493 e. The molecule has 0 unspecified atom stereocenters. The maximum absolute atomic E-state index is 5.42. The van der Waals surface area contributed by atoms with Crippen LogP contribution in [0.5, 0.6) is 11.5 Å². The summed E-state index contributed by atoms with van der Waals surface area (Å²) in [6.07, 6.45) is 3.61. The molecule has 0 saturated carbocycles. The lowest BCUT2D eigenvalue weighted by Crippen LogP contribution is -2.37. The summed E-state index contributed by atoms with van der Waals surface area (Å²) in [5.74, 6) is 3.23. The second-order valence-corrected chi connectivity index (χ2v) is 6.38. The molecular weight excluding hydrogens is 356 g/mol. The summed E-state index contributed by atoms with van der Waals surface area (Å²) >= 11 is 0. The van der Waals surface area contributed by atoms with Crippen LogP contribution in [0.4, 0.5) is 0 Å². The summed E-state index contributed by atoms with van der Waals surface area (Å²) in [4.78, 5) is 4.30. The van der Waals surface area contributed by atoms with Crippen LogP contribution in [0.2, 0.25) is 0 Å². The van der Waals surface area contributed by atoms with Gasteiger partial charge >= 0.3 is 0 Å². The van der Waals surface area contributed by atoms with Crippen LogP contribution < -0.4 is 20.1 Å². The van der Waals surface area contributed by atoms with Gasteiger partial charge in [-0.25, -0.2) is 0 Å². The van der Waals surface area contributed by atoms with Crippen LogP contribution in [0.15, 0.2) is 27.7 Å². The largest absolute Gasteiger partial charge is 0.493 e. The van der Waals surface area contributed by atoms with Gasteiger partial charge in [-0.05, 0) is 37.0 Å². The molecular formula is C21H32N4O3. The van der Waals surface area contributed by atoms with Crippen LogP contribution in [-0.4, -0.2) is 38.9 Å². The number of methoxy groups -OCH3 is 2. The van der Waals surface area contributed by atoms with E-state index < -0.39 is 0 Å². The Bertz CT molecular complexity index is 750. The average Bonchev–Trinajstić information content (AvgIpc) is 3.14. The summed E-state index contributed by atoms with van der Waals surface area (Å²) in [6, 6.07) is 6.03. The van der Waals surface area contributed by atoms with Gasteiger partial charge in [0.2, 0.25) is 0 Å². The Morgan fingerprint density at radius 2 is 1.89 bits per heavy atom. The molecule has 0 aliphatic heterocycles. The maximum atomic E-state index is 5.42. The van der Waals surface area contributed by atoms with Crippen molar-refractivity contribution in [1.29, 1.82) is 0 Å². The topological polar surface area (TPSA) is 80.9 Å². The van der Waals surface area contributed by atoms with Gasteiger partial charge in [-0.3, -0.25) is 4.99 Å². The molecule has 1 heterocycles. The van der Waals surface area contributed by atoms with Gasteiger partial charge in [0, 0.05) is 32.1 Å². The number of nitrogens with one attached hydrogen (secondary N) is 2. The predicted octanol–water partition coefficient (Wildman–Crippen LogP) is 3.11. The van der Waals surface area contributed by atoms with Gasteiger partial charge in [-0.1, -0.05) is 25.1 Å². The molecule has 0 bridgehead atoms. The smallest absolute Gasteiger partial charge is 0.191 e. The van der Waals surface area contributed by atoms with Crippen LogP contribution in [0.1, 0.15) is 42.8 Å². The summed E-state index contributed by atoms with van der Waals surface area (Å²) in [5.41, 5.74) is 3.36. The molecule has 0 fully saturated rings. The zero-order valence-electron chi connectivity index (χ0n) is 17.6. The standard InChI is InChI=1S/C21H32N4O3/c1-6-17-16(18(7-2)28-25-17)14-24-21(22-3)23-12-8-9-15-10-11-19(26-4)20(13-15)27-5/h10-11,13H,6-9,12,14H2,1-5H3,(H2,22,23,24). The number of aromatic nitrogens is 1. The summed E-state index contributed by atoms with van der Waals surface area (Å²) in [7, 11) is 5.08. The Morgan fingerprint density at radius 1 is 1.11 bits per heavy atom. The van der Waals surface area contributed by atoms with Crippen LogP contribution in [0.25, 0.3) is 0 Å². The third-order valence-electron chi connectivity index (χ3n) is 4.65. The maximum Gasteiger partial charge on any atom is 0.191 e. The van der Waals surface area contributed by atoms with Crippen molar-refractivity contribution in [2.75, 3.05) is 27.8 Å². The molecule has 7 heteroatoms. The molecule has 0 amide bonds. The molecule has 2 aromatic rings. The molecule has 2 N–H and O–H groups in total. The zero-order chi connectivity index (χ0) is 20.4. The number of hydrogen-bond donors (Lipinski definition) is 2. The van der Waals surface area contributed by atoms with Crippen molar-refractivity contribution in [3.05, 3.63) is 40.8 Å². The Kier molecular flexibility index (Phi) is 8.65. The molecule has 0 aliphatic carbocycles. The molecule has 154 valence electrons. The van der Waals surface area contributed by atoms with Crippen molar-refractivity contribution in [3.63, 3.8) is 0 Å². The Hall–Kier alpha value is -2.70. The van der Waals surface area contributed by atoms with E-state index in [4.69, 9.17) is 14.0 Å². The number of hydrogen-bond acceptors (Lipinski definition) is 5. The first-order valence-corrected chi connectivity index (χ1v) is 9.78. The van der Waals surface area contributed by atoms with Gasteiger partial charge in [-0.15, -0.1) is 0 Å². The van der Waals surface area contributed by atoms with Gasteiger partial charge in [0.25, 0.3) is 0 Å². The number of aryl methyl sites for hydroxylation is 3. The molecule has 0 spiro atoms. The number of rotatable bonds is 10. The van der Waals surface area contributed by atoms with Gasteiger partial charge < -0.3 is 24.6 Å². The van der Waals surface area contributed by atoms with Crippen molar-refractivity contribution >= 4 is 5.96 Å². The van der Waals surface area contributed by atoms with E-state index in [0.717, 1.165) is 66.7 Å². The van der Waals surface area contributed by atoms with E-state index in [-0.39, 0.29) is 0 Å². The number of aliphatic imine (C=N–C) groups is 1. The van der Waals surface area contributed by atoms with Gasteiger partial charge in [0.05, 0.1) is 19.9 Å². The first-order chi connectivity index (χ1) is 13.7. The van der Waals surface area contributed by atoms with Crippen molar-refractivity contribution in [2.24, 2.45) is 4.99 Å². The average molecular weight is 389 g/mol. The molecule has 0 radical (unpaired) electrons. The van der Waals surface area contributed by atoms with E-state index >= 15 is 0 Å². The number of benzene rings is 1. The predicted molar refractivity (Wildman–Crippen MR) is 111 cm³/mol. The van der Waals surface area contributed by atoms with Crippen LogP contribution in [-0.2, 0) is 25.8 Å². The minimum atomic E-state index is 0.658. The monoisotopic (exact) mass is 388 g/mol. The van der Waals surface area contributed by atoms with E-state index in [1.807, 2.05) is 12.1 Å². The minimum absolute atomic E-state index is 0.658. The van der Waals surface area contributed by atoms with Crippen LogP contribution in [0, 0.1) is 0 Å². The molecule has 0 aliphatic rings. The van der Waals surface area contributed by atoms with Crippen molar-refractivity contribution in [1.82, 2.24) is 15.8 Å². The first-order valence-electron chi connectivity index (χ1n) is 9.78. The fraction of sp³-hybridized carbons (Fsp3) is 0.524. The van der Waals surface area contributed by atoms with Gasteiger partial charge in [-0.2, -0.15) is 0 Å². The first kappa shape index (κ1) is 21.6. The Balaban J connectivity index is 1.81. The SMILES string of the molecule is CCc1noc(CC)c1CNC(=NC)NCCCc1ccc(OC)c(OC)c1. The molecule has 28 heavy (non-hydrogen) atoms. The summed E-state index contributed by atoms with van der Waals surface area (Å²) in [6.45, 7) is 5.64. The molecule has 1 aromatic heterocycles. The number of nitrogens with zero attached hydrogens (tertiary/aromatic N) is 2. The Labute approximate surface area is 167 Å². The third kappa shape index (κ3) is 5.65. The third-order valence-corrected chi connectivity index (χ3v) is 4.65. The lowest BCUT2D eigenvalue weighted by atomic mass is 10.1. The van der Waals surface area contributed by atoms with Gasteiger partial charge in [0.1, 0.15) is 5.76 Å². The van der Waals surface area contributed by atoms with Crippen molar-refractivity contribution in [3.8, 4) is 11.5 Å². The highest BCUT2D eigenvalue weighted by Gasteiger charge is 2.13. The molecule has 1 aromatic carbocycles. The summed E-state index contributed by atoms with van der Waals surface area (Å²) in [5, 5.41) is 10.9. The lowest BCUT2D eigenvalue weighted by molar-refractivity contribution is 0.354. The fourth-order valence-corrected chi connectivity index (χ4v) is 3.07. The van der Waals surface area contributed by atoms with Crippen molar-refractivity contribution in [2.45, 2.75) is 46.1 Å². The van der Waals surface area contributed by atoms with Crippen molar-refractivity contribution < 1.29 is 14.0 Å². The van der Waals surface area contributed by atoms with E-state index in [1.54, 1.807) is 21.3 Å². The van der Waals surface area contributed by atoms with E-state index in [0.29, 0.717) is 6.54 Å². The van der Waals surface area contributed by atoms with E-state index in [2.05, 4.69) is 40.7 Å². The summed E-state index contributed by atoms with van der Waals surface area (Å²) < 4.78 is 16.1. The molecule has 0 saturated heterocycles. The normalized spacial score (nSPS) is 11.4.